The fourth-order valence-electron chi connectivity index (χ4n) is 0.588. The van der Waals surface area contributed by atoms with Gasteiger partial charge in [0.15, 0.2) is 0 Å². The summed E-state index contributed by atoms with van der Waals surface area (Å²) >= 11 is 1.34. The molecule has 1 rings (SSSR count). The van der Waals surface area contributed by atoms with Crippen molar-refractivity contribution >= 4 is 11.5 Å². The first-order chi connectivity index (χ1) is 5.58. The van der Waals surface area contributed by atoms with E-state index in [4.69, 9.17) is 4.84 Å². The van der Waals surface area contributed by atoms with Crippen LogP contribution in [0.4, 0.5) is 0 Å². The Hall–Kier alpha value is -0.520. The topological polar surface area (TPSA) is 47.0 Å². The maximum atomic E-state index is 5.29. The van der Waals surface area contributed by atoms with Gasteiger partial charge in [-0.05, 0) is 32.3 Å². The minimum atomic E-state index is -0.163. The van der Waals surface area contributed by atoms with Crippen LogP contribution < -0.4 is 5.48 Å². The molecule has 12 heavy (non-hydrogen) atoms. The fourth-order valence-corrected chi connectivity index (χ4v) is 1.04. The van der Waals surface area contributed by atoms with E-state index in [-0.39, 0.29) is 5.60 Å². The average Bonchev–Trinajstić information content (AvgIpc) is 2.36. The molecule has 1 aromatic rings. The first-order valence-corrected chi connectivity index (χ1v) is 4.58. The molecule has 5 heteroatoms. The second-order valence-electron chi connectivity index (χ2n) is 3.43. The van der Waals surface area contributed by atoms with Gasteiger partial charge in [-0.2, -0.15) is 5.48 Å². The number of hydroxylamine groups is 1. The Morgan fingerprint density at radius 3 is 2.83 bits per heavy atom. The van der Waals surface area contributed by atoms with E-state index in [9.17, 15) is 0 Å². The van der Waals surface area contributed by atoms with Crippen LogP contribution in [0.1, 0.15) is 26.5 Å². The third-order valence-electron chi connectivity index (χ3n) is 1.04. The smallest absolute Gasteiger partial charge is 0.0917 e. The third kappa shape index (κ3) is 3.75. The first kappa shape index (κ1) is 9.57. The highest BCUT2D eigenvalue weighted by Gasteiger charge is 2.09. The van der Waals surface area contributed by atoms with E-state index in [1.807, 2.05) is 26.2 Å². The van der Waals surface area contributed by atoms with E-state index in [0.29, 0.717) is 6.54 Å². The molecule has 0 saturated heterocycles. The Kier molecular flexibility index (Phi) is 3.13. The zero-order valence-electron chi connectivity index (χ0n) is 7.50. The van der Waals surface area contributed by atoms with Gasteiger partial charge in [0.05, 0.1) is 17.8 Å². The van der Waals surface area contributed by atoms with Gasteiger partial charge in [0.2, 0.25) is 0 Å². The predicted octanol–water partition coefficient (Wildman–Crippen LogP) is 1.36. The standard InChI is InChI=1S/C7H13N3OS/c1-7(2,3)11-8-4-6-5-12-10-9-6/h5,8H,4H2,1-3H3. The molecular formula is C7H13N3OS. The summed E-state index contributed by atoms with van der Waals surface area (Å²) in [6.45, 7) is 6.56. The second-order valence-corrected chi connectivity index (χ2v) is 4.04. The van der Waals surface area contributed by atoms with Gasteiger partial charge in [0.1, 0.15) is 0 Å². The normalized spacial score (nSPS) is 11.9. The minimum Gasteiger partial charge on any atom is -0.296 e. The summed E-state index contributed by atoms with van der Waals surface area (Å²) in [5.41, 5.74) is 3.58. The van der Waals surface area contributed by atoms with E-state index < -0.39 is 0 Å². The highest BCUT2D eigenvalue weighted by Crippen LogP contribution is 2.04. The van der Waals surface area contributed by atoms with Gasteiger partial charge in [0, 0.05) is 5.38 Å². The average molecular weight is 187 g/mol. The van der Waals surface area contributed by atoms with E-state index >= 15 is 0 Å². The lowest BCUT2D eigenvalue weighted by atomic mass is 10.2. The van der Waals surface area contributed by atoms with Crippen LogP contribution in [0.3, 0.4) is 0 Å². The Morgan fingerprint density at radius 1 is 1.58 bits per heavy atom. The number of rotatable bonds is 3. The SMILES string of the molecule is CC(C)(C)ONCc1csnn1. The maximum Gasteiger partial charge on any atom is 0.0917 e. The maximum absolute atomic E-state index is 5.29. The lowest BCUT2D eigenvalue weighted by Crippen LogP contribution is -2.28. The molecule has 0 fully saturated rings. The van der Waals surface area contributed by atoms with Gasteiger partial charge < -0.3 is 0 Å². The molecule has 0 spiro atoms. The van der Waals surface area contributed by atoms with Crippen LogP contribution in [-0.4, -0.2) is 15.2 Å². The van der Waals surface area contributed by atoms with Gasteiger partial charge in [-0.15, -0.1) is 5.10 Å². The number of nitrogens with zero attached hydrogens (tertiary/aromatic N) is 2. The van der Waals surface area contributed by atoms with Gasteiger partial charge in [-0.1, -0.05) is 4.49 Å². The largest absolute Gasteiger partial charge is 0.296 e. The molecule has 0 saturated carbocycles. The molecule has 0 atom stereocenters. The van der Waals surface area contributed by atoms with E-state index in [2.05, 4.69) is 15.1 Å². The third-order valence-corrected chi connectivity index (χ3v) is 1.59. The van der Waals surface area contributed by atoms with Crippen molar-refractivity contribution in [1.82, 2.24) is 15.1 Å². The number of hydrogen-bond acceptors (Lipinski definition) is 5. The number of hydrogen-bond donors (Lipinski definition) is 1. The molecule has 0 unspecified atom stereocenters. The van der Waals surface area contributed by atoms with E-state index in [0.717, 1.165) is 5.69 Å². The number of nitrogens with one attached hydrogen (secondary N) is 1. The molecule has 0 aliphatic rings. The van der Waals surface area contributed by atoms with Crippen molar-refractivity contribution in [3.8, 4) is 0 Å². The second kappa shape index (κ2) is 3.93. The Balaban J connectivity index is 2.20. The van der Waals surface area contributed by atoms with Crippen LogP contribution in [0.15, 0.2) is 5.38 Å². The summed E-state index contributed by atoms with van der Waals surface area (Å²) in [5.74, 6) is 0. The molecule has 1 N–H and O–H groups in total. The van der Waals surface area contributed by atoms with Crippen LogP contribution in [0.5, 0.6) is 0 Å². The van der Waals surface area contributed by atoms with Crippen molar-refractivity contribution in [2.45, 2.75) is 32.9 Å². The zero-order valence-corrected chi connectivity index (χ0v) is 8.31. The van der Waals surface area contributed by atoms with Crippen LogP contribution in [0.2, 0.25) is 0 Å². The molecule has 0 aliphatic heterocycles. The fraction of sp³-hybridized carbons (Fsp3) is 0.714. The predicted molar refractivity (Wildman–Crippen MR) is 47.6 cm³/mol. The molecule has 0 radical (unpaired) electrons. The Bertz CT molecular complexity index is 217. The number of aromatic nitrogens is 2. The summed E-state index contributed by atoms with van der Waals surface area (Å²) in [7, 11) is 0. The van der Waals surface area contributed by atoms with Crippen molar-refractivity contribution in [2.24, 2.45) is 0 Å². The van der Waals surface area contributed by atoms with Crippen LogP contribution in [-0.2, 0) is 11.4 Å². The van der Waals surface area contributed by atoms with Crippen molar-refractivity contribution in [2.75, 3.05) is 0 Å². The van der Waals surface area contributed by atoms with Gasteiger partial charge in [0.25, 0.3) is 0 Å². The lowest BCUT2D eigenvalue weighted by Gasteiger charge is -2.18. The van der Waals surface area contributed by atoms with Crippen LogP contribution in [0.25, 0.3) is 0 Å². The van der Waals surface area contributed by atoms with Gasteiger partial charge in [-0.25, -0.2) is 0 Å². The summed E-state index contributed by atoms with van der Waals surface area (Å²) in [6.07, 6.45) is 0. The van der Waals surface area contributed by atoms with E-state index in [1.54, 1.807) is 0 Å². The van der Waals surface area contributed by atoms with Crippen LogP contribution in [0, 0.1) is 0 Å². The highest BCUT2D eigenvalue weighted by atomic mass is 32.1. The Morgan fingerprint density at radius 2 is 2.33 bits per heavy atom. The minimum absolute atomic E-state index is 0.163. The van der Waals surface area contributed by atoms with Crippen molar-refractivity contribution < 1.29 is 4.84 Å². The lowest BCUT2D eigenvalue weighted by molar-refractivity contribution is -0.0761. The zero-order chi connectivity index (χ0) is 9.03. The Labute approximate surface area is 76.1 Å². The molecule has 4 nitrogen and oxygen atoms in total. The molecular weight excluding hydrogens is 174 g/mol. The molecule has 0 aliphatic carbocycles. The molecule has 0 amide bonds. The van der Waals surface area contributed by atoms with Crippen molar-refractivity contribution in [3.63, 3.8) is 0 Å². The van der Waals surface area contributed by atoms with Gasteiger partial charge >= 0.3 is 0 Å². The van der Waals surface area contributed by atoms with Crippen molar-refractivity contribution in [1.29, 1.82) is 0 Å². The summed E-state index contributed by atoms with van der Waals surface area (Å²) in [6, 6.07) is 0. The highest BCUT2D eigenvalue weighted by molar-refractivity contribution is 7.03. The molecule has 1 aromatic heterocycles. The quantitative estimate of drug-likeness (QED) is 0.726. The summed E-state index contributed by atoms with van der Waals surface area (Å²) in [5, 5.41) is 5.75. The van der Waals surface area contributed by atoms with E-state index in [1.165, 1.54) is 11.5 Å². The first-order valence-electron chi connectivity index (χ1n) is 3.75. The van der Waals surface area contributed by atoms with Gasteiger partial charge in [-0.3, -0.25) is 4.84 Å². The molecule has 0 aromatic carbocycles. The van der Waals surface area contributed by atoms with Crippen LogP contribution >= 0.6 is 11.5 Å². The summed E-state index contributed by atoms with van der Waals surface area (Å²) in [4.78, 5) is 5.29. The molecule has 68 valence electrons. The van der Waals surface area contributed by atoms with Crippen molar-refractivity contribution in [3.05, 3.63) is 11.1 Å². The molecule has 0 bridgehead atoms. The monoisotopic (exact) mass is 187 g/mol. The molecule has 1 heterocycles. The summed E-state index contributed by atoms with van der Waals surface area (Å²) < 4.78 is 3.73.